The first kappa shape index (κ1) is 19.5. The van der Waals surface area contributed by atoms with Crippen LogP contribution in [0.1, 0.15) is 53.3 Å². The van der Waals surface area contributed by atoms with E-state index in [0.29, 0.717) is 11.3 Å². The summed E-state index contributed by atoms with van der Waals surface area (Å²) in [5.41, 5.74) is 1.07. The SMILES string of the molecule is CC(=O)c1ccc(OC(=O)c2ccc(N3CCCCCC3)c([N+](=O)[O-])c2)cc1. The van der Waals surface area contributed by atoms with Gasteiger partial charge in [-0.3, -0.25) is 14.9 Å². The molecular weight excluding hydrogens is 360 g/mol. The zero-order valence-electron chi connectivity index (χ0n) is 15.7. The summed E-state index contributed by atoms with van der Waals surface area (Å²) >= 11 is 0. The lowest BCUT2D eigenvalue weighted by Crippen LogP contribution is -2.25. The molecule has 0 aromatic heterocycles. The Bertz CT molecular complexity index is 884. The zero-order chi connectivity index (χ0) is 20.1. The Morgan fingerprint density at radius 2 is 1.57 bits per heavy atom. The van der Waals surface area contributed by atoms with Crippen LogP contribution in [0.4, 0.5) is 11.4 Å². The highest BCUT2D eigenvalue weighted by Gasteiger charge is 2.23. The maximum Gasteiger partial charge on any atom is 0.343 e. The summed E-state index contributed by atoms with van der Waals surface area (Å²) in [6.07, 6.45) is 4.24. The molecule has 0 aliphatic carbocycles. The molecular formula is C21H22N2O5. The second kappa shape index (κ2) is 8.65. The number of carbonyl (C=O) groups is 2. The van der Waals surface area contributed by atoms with Gasteiger partial charge < -0.3 is 9.64 Å². The van der Waals surface area contributed by atoms with Crippen LogP contribution < -0.4 is 9.64 Å². The number of Topliss-reactive ketones (excluding diaryl/α,β-unsaturated/α-hetero) is 1. The number of hydrogen-bond donors (Lipinski definition) is 0. The molecule has 0 bridgehead atoms. The van der Waals surface area contributed by atoms with E-state index in [2.05, 4.69) is 0 Å². The molecule has 0 spiro atoms. The van der Waals surface area contributed by atoms with Crippen LogP contribution >= 0.6 is 0 Å². The van der Waals surface area contributed by atoms with Crippen molar-refractivity contribution in [1.82, 2.24) is 0 Å². The summed E-state index contributed by atoms with van der Waals surface area (Å²) in [4.78, 5) is 36.9. The average Bonchev–Trinajstić information content (AvgIpc) is 2.97. The van der Waals surface area contributed by atoms with Crippen molar-refractivity contribution in [2.75, 3.05) is 18.0 Å². The molecule has 0 amide bonds. The highest BCUT2D eigenvalue weighted by molar-refractivity contribution is 5.95. The van der Waals surface area contributed by atoms with Gasteiger partial charge >= 0.3 is 5.97 Å². The van der Waals surface area contributed by atoms with Crippen LogP contribution in [0.25, 0.3) is 0 Å². The van der Waals surface area contributed by atoms with Gasteiger partial charge in [-0.05, 0) is 56.2 Å². The lowest BCUT2D eigenvalue weighted by Gasteiger charge is -2.22. The zero-order valence-corrected chi connectivity index (χ0v) is 15.7. The molecule has 2 aromatic carbocycles. The highest BCUT2D eigenvalue weighted by atomic mass is 16.6. The van der Waals surface area contributed by atoms with Crippen molar-refractivity contribution in [1.29, 1.82) is 0 Å². The van der Waals surface area contributed by atoms with E-state index in [9.17, 15) is 19.7 Å². The van der Waals surface area contributed by atoms with E-state index in [1.54, 1.807) is 24.3 Å². The lowest BCUT2D eigenvalue weighted by atomic mass is 10.1. The molecule has 2 aromatic rings. The van der Waals surface area contributed by atoms with Crippen molar-refractivity contribution >= 4 is 23.1 Å². The quantitative estimate of drug-likeness (QED) is 0.250. The molecule has 28 heavy (non-hydrogen) atoms. The Morgan fingerprint density at radius 1 is 0.964 bits per heavy atom. The van der Waals surface area contributed by atoms with Gasteiger partial charge in [0.25, 0.3) is 5.69 Å². The molecule has 3 rings (SSSR count). The van der Waals surface area contributed by atoms with Crippen LogP contribution in [-0.2, 0) is 0 Å². The minimum atomic E-state index is -0.680. The number of esters is 1. The number of ketones is 1. The van der Waals surface area contributed by atoms with Crippen molar-refractivity contribution in [3.05, 3.63) is 63.7 Å². The predicted molar refractivity (Wildman–Crippen MR) is 105 cm³/mol. The number of nitrogens with zero attached hydrogens (tertiary/aromatic N) is 2. The summed E-state index contributed by atoms with van der Waals surface area (Å²) in [6.45, 7) is 2.99. The first-order valence-electron chi connectivity index (χ1n) is 9.32. The van der Waals surface area contributed by atoms with E-state index in [-0.39, 0.29) is 22.8 Å². The number of rotatable bonds is 5. The Balaban J connectivity index is 1.81. The van der Waals surface area contributed by atoms with Gasteiger partial charge in [-0.15, -0.1) is 0 Å². The van der Waals surface area contributed by atoms with E-state index in [1.165, 1.54) is 25.1 Å². The highest BCUT2D eigenvalue weighted by Crippen LogP contribution is 2.31. The number of nitro benzene ring substituents is 1. The third kappa shape index (κ3) is 4.54. The molecule has 1 fully saturated rings. The number of ether oxygens (including phenoxy) is 1. The molecule has 1 heterocycles. The van der Waals surface area contributed by atoms with E-state index in [0.717, 1.165) is 38.8 Å². The lowest BCUT2D eigenvalue weighted by molar-refractivity contribution is -0.384. The monoisotopic (exact) mass is 382 g/mol. The minimum Gasteiger partial charge on any atom is -0.423 e. The minimum absolute atomic E-state index is 0.0856. The van der Waals surface area contributed by atoms with Crippen LogP contribution in [0.15, 0.2) is 42.5 Å². The summed E-state index contributed by atoms with van der Waals surface area (Å²) in [7, 11) is 0. The third-order valence-electron chi connectivity index (χ3n) is 4.83. The second-order valence-corrected chi connectivity index (χ2v) is 6.83. The summed E-state index contributed by atoms with van der Waals surface area (Å²) < 4.78 is 5.29. The number of nitro groups is 1. The third-order valence-corrected chi connectivity index (χ3v) is 4.83. The maximum atomic E-state index is 12.4. The van der Waals surface area contributed by atoms with Crippen molar-refractivity contribution in [3.63, 3.8) is 0 Å². The second-order valence-electron chi connectivity index (χ2n) is 6.83. The number of carbonyl (C=O) groups excluding carboxylic acids is 2. The van der Waals surface area contributed by atoms with Gasteiger partial charge in [0, 0.05) is 24.7 Å². The summed E-state index contributed by atoms with van der Waals surface area (Å²) in [6, 6.07) is 10.6. The molecule has 7 heteroatoms. The summed E-state index contributed by atoms with van der Waals surface area (Å²) in [5.74, 6) is -0.493. The Kier molecular flexibility index (Phi) is 6.03. The molecule has 1 saturated heterocycles. The van der Waals surface area contributed by atoms with Crippen LogP contribution in [0, 0.1) is 10.1 Å². The maximum absolute atomic E-state index is 12.4. The van der Waals surface area contributed by atoms with Gasteiger partial charge in [0.05, 0.1) is 10.5 Å². The van der Waals surface area contributed by atoms with E-state index < -0.39 is 10.9 Å². The molecule has 1 aliphatic rings. The Hall–Kier alpha value is -3.22. The molecule has 146 valence electrons. The fraction of sp³-hybridized carbons (Fsp3) is 0.333. The first-order valence-corrected chi connectivity index (χ1v) is 9.32. The van der Waals surface area contributed by atoms with Crippen molar-refractivity contribution < 1.29 is 19.2 Å². The van der Waals surface area contributed by atoms with Gasteiger partial charge in [-0.1, -0.05) is 12.8 Å². The van der Waals surface area contributed by atoms with Gasteiger partial charge in [-0.2, -0.15) is 0 Å². The molecule has 0 N–H and O–H groups in total. The molecule has 0 atom stereocenters. The molecule has 0 saturated carbocycles. The molecule has 7 nitrogen and oxygen atoms in total. The van der Waals surface area contributed by atoms with E-state index in [4.69, 9.17) is 4.74 Å². The standard InChI is InChI=1S/C21H22N2O5/c1-15(24)16-6-9-18(10-7-16)28-21(25)17-8-11-19(20(14-17)23(26)27)22-12-4-2-3-5-13-22/h6-11,14H,2-5,12-13H2,1H3. The van der Waals surface area contributed by atoms with Gasteiger partial charge in [0.2, 0.25) is 0 Å². The normalized spacial score (nSPS) is 14.2. The first-order chi connectivity index (χ1) is 13.5. The largest absolute Gasteiger partial charge is 0.423 e. The Morgan fingerprint density at radius 3 is 2.14 bits per heavy atom. The average molecular weight is 382 g/mol. The predicted octanol–water partition coefficient (Wildman–Crippen LogP) is 4.40. The number of hydrogen-bond acceptors (Lipinski definition) is 6. The Labute approximate surface area is 163 Å². The molecule has 0 radical (unpaired) electrons. The van der Waals surface area contributed by atoms with Crippen molar-refractivity contribution in [2.24, 2.45) is 0 Å². The van der Waals surface area contributed by atoms with Gasteiger partial charge in [-0.25, -0.2) is 4.79 Å². The van der Waals surface area contributed by atoms with Crippen LogP contribution in [0.3, 0.4) is 0 Å². The van der Waals surface area contributed by atoms with Crippen molar-refractivity contribution in [2.45, 2.75) is 32.6 Å². The smallest absolute Gasteiger partial charge is 0.343 e. The van der Waals surface area contributed by atoms with Crippen LogP contribution in [0.2, 0.25) is 0 Å². The number of benzene rings is 2. The topological polar surface area (TPSA) is 89.8 Å². The van der Waals surface area contributed by atoms with E-state index >= 15 is 0 Å². The molecule has 0 unspecified atom stereocenters. The van der Waals surface area contributed by atoms with Crippen LogP contribution in [0.5, 0.6) is 5.75 Å². The molecule has 1 aliphatic heterocycles. The fourth-order valence-corrected chi connectivity index (χ4v) is 3.30. The van der Waals surface area contributed by atoms with E-state index in [1.807, 2.05) is 4.90 Å². The summed E-state index contributed by atoms with van der Waals surface area (Å²) in [5, 5.41) is 11.6. The van der Waals surface area contributed by atoms with Gasteiger partial charge in [0.1, 0.15) is 11.4 Å². The van der Waals surface area contributed by atoms with Crippen molar-refractivity contribution in [3.8, 4) is 5.75 Å². The fourth-order valence-electron chi connectivity index (χ4n) is 3.30. The van der Waals surface area contributed by atoms with Crippen LogP contribution in [-0.4, -0.2) is 29.8 Å². The number of anilines is 1. The van der Waals surface area contributed by atoms with Gasteiger partial charge in [0.15, 0.2) is 5.78 Å².